The van der Waals surface area contributed by atoms with Crippen LogP contribution in [0.25, 0.3) is 11.0 Å². The highest BCUT2D eigenvalue weighted by Gasteiger charge is 2.14. The van der Waals surface area contributed by atoms with Gasteiger partial charge in [0.15, 0.2) is 0 Å². The lowest BCUT2D eigenvalue weighted by atomic mass is 10.2. The van der Waals surface area contributed by atoms with Crippen molar-refractivity contribution in [2.24, 2.45) is 0 Å². The third-order valence-electron chi connectivity index (χ3n) is 5.44. The third kappa shape index (κ3) is 5.67. The molecule has 0 unspecified atom stereocenters. The van der Waals surface area contributed by atoms with Crippen molar-refractivity contribution in [3.8, 4) is 11.5 Å². The van der Waals surface area contributed by atoms with Gasteiger partial charge in [0.1, 0.15) is 23.8 Å². The maximum absolute atomic E-state index is 13.0. The molecule has 0 saturated heterocycles. The number of benzene rings is 2. The Morgan fingerprint density at radius 1 is 1.03 bits per heavy atom. The Morgan fingerprint density at radius 2 is 1.85 bits per heavy atom. The second-order valence-electron chi connectivity index (χ2n) is 7.92. The molecule has 4 aromatic rings. The molecular formula is C27H27N3O4. The molecule has 0 N–H and O–H groups in total. The predicted molar refractivity (Wildman–Crippen MR) is 130 cm³/mol. The van der Waals surface area contributed by atoms with Crippen molar-refractivity contribution >= 4 is 17.0 Å². The van der Waals surface area contributed by atoms with E-state index in [4.69, 9.17) is 9.47 Å². The maximum atomic E-state index is 13.0. The summed E-state index contributed by atoms with van der Waals surface area (Å²) in [6.07, 6.45) is 5.46. The molecule has 4 rings (SSSR count). The molecule has 0 bridgehead atoms. The van der Waals surface area contributed by atoms with E-state index in [1.807, 2.05) is 48.5 Å². The van der Waals surface area contributed by atoms with Crippen LogP contribution in [0.4, 0.5) is 0 Å². The van der Waals surface area contributed by atoms with Crippen LogP contribution in [0.1, 0.15) is 37.4 Å². The summed E-state index contributed by atoms with van der Waals surface area (Å²) in [4.78, 5) is 34.1. The first-order valence-electron chi connectivity index (χ1n) is 11.5. The number of pyridine rings is 1. The Labute approximate surface area is 198 Å². The molecule has 2 heterocycles. The summed E-state index contributed by atoms with van der Waals surface area (Å²) < 4.78 is 13.1. The monoisotopic (exact) mass is 457 g/mol. The molecule has 0 atom stereocenters. The smallest absolute Gasteiger partial charge is 0.306 e. The first kappa shape index (κ1) is 23.2. The molecule has 0 aliphatic carbocycles. The summed E-state index contributed by atoms with van der Waals surface area (Å²) in [5, 5.41) is 0. The number of esters is 1. The quantitative estimate of drug-likeness (QED) is 0.310. The standard InChI is InChI=1S/C27H27N3O4/c1-2-3-17-30-24-12-6-5-11-22(24)29-23(27(30)32)14-15-26(31)33-19-20-9-4-7-13-25(20)34-21-10-8-16-28-18-21/h4-13,16,18H,2-3,14-15,17,19H2,1H3. The van der Waals surface area contributed by atoms with E-state index in [9.17, 15) is 9.59 Å². The van der Waals surface area contributed by atoms with Crippen molar-refractivity contribution in [3.63, 3.8) is 0 Å². The largest absolute Gasteiger partial charge is 0.461 e. The highest BCUT2D eigenvalue weighted by Crippen LogP contribution is 2.25. The Balaban J connectivity index is 1.41. The van der Waals surface area contributed by atoms with Gasteiger partial charge in [-0.15, -0.1) is 0 Å². The second-order valence-corrected chi connectivity index (χ2v) is 7.92. The molecule has 0 amide bonds. The van der Waals surface area contributed by atoms with Crippen LogP contribution in [0.3, 0.4) is 0 Å². The number of fused-ring (bicyclic) bond motifs is 1. The fourth-order valence-electron chi connectivity index (χ4n) is 3.65. The number of hydrogen-bond donors (Lipinski definition) is 0. The Kier molecular flexibility index (Phi) is 7.65. The van der Waals surface area contributed by atoms with E-state index in [-0.39, 0.29) is 25.0 Å². The fourth-order valence-corrected chi connectivity index (χ4v) is 3.65. The zero-order valence-electron chi connectivity index (χ0n) is 19.1. The van der Waals surface area contributed by atoms with Crippen LogP contribution >= 0.6 is 0 Å². The third-order valence-corrected chi connectivity index (χ3v) is 5.44. The number of aryl methyl sites for hydroxylation is 2. The molecule has 0 aliphatic rings. The molecule has 2 aromatic carbocycles. The van der Waals surface area contributed by atoms with Crippen molar-refractivity contribution in [2.45, 2.75) is 45.8 Å². The van der Waals surface area contributed by atoms with E-state index in [1.165, 1.54) is 0 Å². The predicted octanol–water partition coefficient (Wildman–Crippen LogP) is 5.06. The van der Waals surface area contributed by atoms with Crippen LogP contribution in [0.2, 0.25) is 0 Å². The van der Waals surface area contributed by atoms with Crippen molar-refractivity contribution in [1.29, 1.82) is 0 Å². The SMILES string of the molecule is CCCCn1c(=O)c(CCC(=O)OCc2ccccc2Oc2cccnc2)nc2ccccc21. The minimum Gasteiger partial charge on any atom is -0.461 e. The van der Waals surface area contributed by atoms with Gasteiger partial charge in [-0.2, -0.15) is 0 Å². The average molecular weight is 458 g/mol. The topological polar surface area (TPSA) is 83.3 Å². The van der Waals surface area contributed by atoms with Crippen LogP contribution in [-0.2, 0) is 29.1 Å². The summed E-state index contributed by atoms with van der Waals surface area (Å²) >= 11 is 0. The zero-order chi connectivity index (χ0) is 23.8. The van der Waals surface area contributed by atoms with Crippen molar-refractivity contribution in [3.05, 3.63) is 94.7 Å². The molecule has 2 aromatic heterocycles. The van der Waals surface area contributed by atoms with Gasteiger partial charge in [0, 0.05) is 24.7 Å². The summed E-state index contributed by atoms with van der Waals surface area (Å²) in [5.74, 6) is 0.798. The van der Waals surface area contributed by atoms with Gasteiger partial charge in [-0.05, 0) is 36.8 Å². The Bertz CT molecular complexity index is 1320. The molecule has 34 heavy (non-hydrogen) atoms. The normalized spacial score (nSPS) is 10.9. The number of aromatic nitrogens is 3. The minimum absolute atomic E-state index is 0.0694. The zero-order valence-corrected chi connectivity index (χ0v) is 19.1. The number of ether oxygens (including phenoxy) is 2. The number of carbonyl (C=O) groups is 1. The van der Waals surface area contributed by atoms with E-state index < -0.39 is 5.97 Å². The summed E-state index contributed by atoms with van der Waals surface area (Å²) in [6, 6.07) is 18.6. The van der Waals surface area contributed by atoms with Crippen molar-refractivity contribution in [2.75, 3.05) is 0 Å². The van der Waals surface area contributed by atoms with Crippen molar-refractivity contribution < 1.29 is 14.3 Å². The van der Waals surface area contributed by atoms with E-state index in [0.29, 0.717) is 23.7 Å². The number of hydrogen-bond acceptors (Lipinski definition) is 6. The number of carbonyl (C=O) groups excluding carboxylic acids is 1. The lowest BCUT2D eigenvalue weighted by Crippen LogP contribution is -2.26. The minimum atomic E-state index is -0.398. The van der Waals surface area contributed by atoms with Crippen LogP contribution < -0.4 is 10.3 Å². The van der Waals surface area contributed by atoms with Gasteiger partial charge >= 0.3 is 5.97 Å². The fraction of sp³-hybridized carbons (Fsp3) is 0.259. The molecule has 0 spiro atoms. The van der Waals surface area contributed by atoms with E-state index in [2.05, 4.69) is 16.9 Å². The van der Waals surface area contributed by atoms with Gasteiger partial charge in [-0.25, -0.2) is 4.98 Å². The molecular weight excluding hydrogens is 430 g/mol. The summed E-state index contributed by atoms with van der Waals surface area (Å²) in [5.41, 5.74) is 2.55. The second kappa shape index (κ2) is 11.2. The highest BCUT2D eigenvalue weighted by atomic mass is 16.5. The number of para-hydroxylation sites is 3. The molecule has 0 radical (unpaired) electrons. The van der Waals surface area contributed by atoms with Gasteiger partial charge in [0.05, 0.1) is 23.7 Å². The summed E-state index contributed by atoms with van der Waals surface area (Å²) in [7, 11) is 0. The molecule has 7 nitrogen and oxygen atoms in total. The average Bonchev–Trinajstić information content (AvgIpc) is 2.87. The molecule has 0 saturated carbocycles. The van der Waals surface area contributed by atoms with E-state index >= 15 is 0 Å². The molecule has 174 valence electrons. The van der Waals surface area contributed by atoms with Crippen molar-refractivity contribution in [1.82, 2.24) is 14.5 Å². The Morgan fingerprint density at radius 3 is 2.68 bits per heavy atom. The Hall–Kier alpha value is -4.00. The highest BCUT2D eigenvalue weighted by molar-refractivity contribution is 5.75. The van der Waals surface area contributed by atoms with Crippen LogP contribution in [-0.4, -0.2) is 20.5 Å². The first-order valence-corrected chi connectivity index (χ1v) is 11.5. The lowest BCUT2D eigenvalue weighted by molar-refractivity contribution is -0.144. The van der Waals surface area contributed by atoms with Crippen LogP contribution in [0.15, 0.2) is 77.9 Å². The lowest BCUT2D eigenvalue weighted by Gasteiger charge is -2.12. The number of nitrogens with zero attached hydrogens (tertiary/aromatic N) is 3. The van der Waals surface area contributed by atoms with E-state index in [0.717, 1.165) is 29.4 Å². The summed E-state index contributed by atoms with van der Waals surface area (Å²) in [6.45, 7) is 2.79. The van der Waals surface area contributed by atoms with Gasteiger partial charge in [0.25, 0.3) is 5.56 Å². The van der Waals surface area contributed by atoms with Gasteiger partial charge in [-0.1, -0.05) is 43.7 Å². The van der Waals surface area contributed by atoms with Crippen LogP contribution in [0, 0.1) is 0 Å². The van der Waals surface area contributed by atoms with Gasteiger partial charge < -0.3 is 14.0 Å². The molecule has 0 aliphatic heterocycles. The molecule has 0 fully saturated rings. The molecule has 7 heteroatoms. The van der Waals surface area contributed by atoms with Crippen LogP contribution in [0.5, 0.6) is 11.5 Å². The van der Waals surface area contributed by atoms with E-state index in [1.54, 1.807) is 29.1 Å². The first-order chi connectivity index (χ1) is 16.7. The van der Waals surface area contributed by atoms with Gasteiger partial charge in [0.2, 0.25) is 0 Å². The van der Waals surface area contributed by atoms with Gasteiger partial charge in [-0.3, -0.25) is 14.6 Å². The maximum Gasteiger partial charge on any atom is 0.306 e. The number of unbranched alkanes of at least 4 members (excludes halogenated alkanes) is 1. The number of rotatable bonds is 10.